The summed E-state index contributed by atoms with van der Waals surface area (Å²) < 4.78 is 5.39. The lowest BCUT2D eigenvalue weighted by Gasteiger charge is -2.16. The summed E-state index contributed by atoms with van der Waals surface area (Å²) >= 11 is 1.48. The minimum absolute atomic E-state index is 0.174. The minimum atomic E-state index is -0.446. The van der Waals surface area contributed by atoms with E-state index in [4.69, 9.17) is 4.74 Å². The third-order valence-corrected chi connectivity index (χ3v) is 2.88. The van der Waals surface area contributed by atoms with Crippen LogP contribution in [-0.2, 0) is 4.79 Å². The van der Waals surface area contributed by atoms with Gasteiger partial charge in [-0.3, -0.25) is 4.79 Å². The summed E-state index contributed by atoms with van der Waals surface area (Å²) in [4.78, 5) is 11.7. The molecule has 0 aromatic carbocycles. The number of ether oxygens (including phenoxy) is 1. The van der Waals surface area contributed by atoms with E-state index >= 15 is 0 Å². The Kier molecular flexibility index (Phi) is 3.55. The van der Waals surface area contributed by atoms with Crippen LogP contribution in [0, 0.1) is 5.41 Å². The topological polar surface area (TPSA) is 26.3 Å². The zero-order valence-electron chi connectivity index (χ0n) is 9.96. The minimum Gasteiger partial charge on any atom is -0.415 e. The smallest absolute Gasteiger partial charge is 0.317 e. The lowest BCUT2D eigenvalue weighted by atomic mass is 9.97. The Morgan fingerprint density at radius 2 is 2.00 bits per heavy atom. The van der Waals surface area contributed by atoms with Crippen molar-refractivity contribution in [2.45, 2.75) is 40.5 Å². The van der Waals surface area contributed by atoms with Gasteiger partial charge in [0.05, 0.1) is 5.41 Å². The first-order valence-electron chi connectivity index (χ1n) is 5.12. The summed E-state index contributed by atoms with van der Waals surface area (Å²) in [5.74, 6) is 0.214. The molecule has 0 spiro atoms. The van der Waals surface area contributed by atoms with E-state index in [1.54, 1.807) is 0 Å². The Bertz CT molecular complexity index is 345. The Hall–Kier alpha value is -0.830. The van der Waals surface area contributed by atoms with Crippen LogP contribution in [-0.4, -0.2) is 5.97 Å². The van der Waals surface area contributed by atoms with Gasteiger partial charge in [0.2, 0.25) is 0 Å². The van der Waals surface area contributed by atoms with Crippen LogP contribution in [0.5, 0.6) is 5.06 Å². The van der Waals surface area contributed by atoms with Crippen LogP contribution in [0.1, 0.15) is 46.1 Å². The number of hydrogen-bond donors (Lipinski definition) is 0. The molecule has 0 bridgehead atoms. The van der Waals surface area contributed by atoms with E-state index in [1.165, 1.54) is 11.3 Å². The van der Waals surface area contributed by atoms with Crippen LogP contribution in [0.15, 0.2) is 11.4 Å². The van der Waals surface area contributed by atoms with Gasteiger partial charge < -0.3 is 4.74 Å². The van der Waals surface area contributed by atoms with Crippen LogP contribution in [0.4, 0.5) is 0 Å². The Morgan fingerprint density at radius 1 is 1.40 bits per heavy atom. The maximum Gasteiger partial charge on any atom is 0.317 e. The second kappa shape index (κ2) is 4.35. The Morgan fingerprint density at radius 3 is 2.47 bits per heavy atom. The predicted molar refractivity (Wildman–Crippen MR) is 63.5 cm³/mol. The molecular formula is C12H18O2S. The highest BCUT2D eigenvalue weighted by atomic mass is 32.1. The highest BCUT2D eigenvalue weighted by Gasteiger charge is 2.25. The van der Waals surface area contributed by atoms with Crippen molar-refractivity contribution in [3.05, 3.63) is 17.0 Å². The zero-order chi connectivity index (χ0) is 11.6. The predicted octanol–water partition coefficient (Wildman–Crippen LogP) is 3.82. The highest BCUT2D eigenvalue weighted by Crippen LogP contribution is 2.33. The molecular weight excluding hydrogens is 208 g/mol. The van der Waals surface area contributed by atoms with Gasteiger partial charge in [-0.1, -0.05) is 13.8 Å². The maximum absolute atomic E-state index is 11.7. The van der Waals surface area contributed by atoms with Crippen LogP contribution >= 0.6 is 11.3 Å². The fourth-order valence-electron chi connectivity index (χ4n) is 1.05. The standard InChI is InChI=1S/C12H18O2S/c1-8(2)9-6-7-15-10(9)14-11(13)12(3,4)5/h6-8H,1-5H3. The van der Waals surface area contributed by atoms with Gasteiger partial charge in [-0.2, -0.15) is 0 Å². The molecule has 0 unspecified atom stereocenters. The maximum atomic E-state index is 11.7. The molecule has 1 rings (SSSR count). The molecule has 0 radical (unpaired) electrons. The van der Waals surface area contributed by atoms with Crippen molar-refractivity contribution in [3.63, 3.8) is 0 Å². The quantitative estimate of drug-likeness (QED) is 0.716. The normalized spacial score (nSPS) is 11.9. The summed E-state index contributed by atoms with van der Waals surface area (Å²) in [7, 11) is 0. The van der Waals surface area contributed by atoms with Gasteiger partial charge in [-0.05, 0) is 38.1 Å². The fraction of sp³-hybridized carbons (Fsp3) is 0.583. The molecule has 0 atom stereocenters. The molecule has 0 aliphatic heterocycles. The van der Waals surface area contributed by atoms with Crippen LogP contribution in [0.3, 0.4) is 0 Å². The second-order valence-corrected chi connectivity index (χ2v) is 5.84. The molecule has 2 nitrogen and oxygen atoms in total. The summed E-state index contributed by atoms with van der Waals surface area (Å²) in [5, 5.41) is 2.70. The zero-order valence-corrected chi connectivity index (χ0v) is 10.8. The molecule has 0 amide bonds. The van der Waals surface area contributed by atoms with Gasteiger partial charge in [-0.25, -0.2) is 0 Å². The van der Waals surface area contributed by atoms with Crippen molar-refractivity contribution < 1.29 is 9.53 Å². The van der Waals surface area contributed by atoms with E-state index in [1.807, 2.05) is 32.2 Å². The van der Waals surface area contributed by atoms with Crippen LogP contribution in [0.2, 0.25) is 0 Å². The number of carbonyl (C=O) groups is 1. The summed E-state index contributed by atoms with van der Waals surface area (Å²) in [5.41, 5.74) is 0.663. The van der Waals surface area contributed by atoms with E-state index in [0.29, 0.717) is 5.92 Å². The molecule has 15 heavy (non-hydrogen) atoms. The molecule has 3 heteroatoms. The van der Waals surface area contributed by atoms with Crippen molar-refractivity contribution in [2.75, 3.05) is 0 Å². The molecule has 84 valence electrons. The van der Waals surface area contributed by atoms with Crippen LogP contribution < -0.4 is 4.74 Å². The molecule has 0 aliphatic rings. The summed E-state index contributed by atoms with van der Waals surface area (Å²) in [6, 6.07) is 2.01. The first kappa shape index (κ1) is 12.2. The lowest BCUT2D eigenvalue weighted by molar-refractivity contribution is -0.142. The molecule has 1 heterocycles. The first-order chi connectivity index (χ1) is 6.82. The fourth-order valence-corrected chi connectivity index (χ4v) is 1.96. The second-order valence-electron chi connectivity index (χ2n) is 4.96. The van der Waals surface area contributed by atoms with E-state index in [2.05, 4.69) is 13.8 Å². The lowest BCUT2D eigenvalue weighted by Crippen LogP contribution is -2.25. The van der Waals surface area contributed by atoms with Crippen molar-refractivity contribution in [3.8, 4) is 5.06 Å². The molecule has 0 aliphatic carbocycles. The molecule has 0 fully saturated rings. The van der Waals surface area contributed by atoms with Crippen LogP contribution in [0.25, 0.3) is 0 Å². The SMILES string of the molecule is CC(C)c1ccsc1OC(=O)C(C)(C)C. The summed E-state index contributed by atoms with van der Waals surface area (Å²) in [6.45, 7) is 9.76. The monoisotopic (exact) mass is 226 g/mol. The van der Waals surface area contributed by atoms with Crippen molar-refractivity contribution in [1.82, 2.24) is 0 Å². The van der Waals surface area contributed by atoms with E-state index in [-0.39, 0.29) is 5.97 Å². The third kappa shape index (κ3) is 3.06. The van der Waals surface area contributed by atoms with E-state index in [9.17, 15) is 4.79 Å². The number of carbonyl (C=O) groups excluding carboxylic acids is 1. The molecule has 0 saturated heterocycles. The summed E-state index contributed by atoms with van der Waals surface area (Å²) in [6.07, 6.45) is 0. The largest absolute Gasteiger partial charge is 0.415 e. The van der Waals surface area contributed by atoms with Gasteiger partial charge in [0.25, 0.3) is 0 Å². The van der Waals surface area contributed by atoms with Crippen molar-refractivity contribution in [2.24, 2.45) is 5.41 Å². The van der Waals surface area contributed by atoms with Gasteiger partial charge >= 0.3 is 5.97 Å². The van der Waals surface area contributed by atoms with Gasteiger partial charge in [0.15, 0.2) is 5.06 Å². The molecule has 1 aromatic heterocycles. The van der Waals surface area contributed by atoms with Crippen molar-refractivity contribution in [1.29, 1.82) is 0 Å². The van der Waals surface area contributed by atoms with Gasteiger partial charge in [0.1, 0.15) is 0 Å². The van der Waals surface area contributed by atoms with Gasteiger partial charge in [-0.15, -0.1) is 11.3 Å². The van der Waals surface area contributed by atoms with E-state index in [0.717, 1.165) is 10.6 Å². The van der Waals surface area contributed by atoms with E-state index < -0.39 is 5.41 Å². The molecule has 0 N–H and O–H groups in total. The van der Waals surface area contributed by atoms with Gasteiger partial charge in [0, 0.05) is 5.56 Å². The third-order valence-electron chi connectivity index (χ3n) is 2.08. The number of hydrogen-bond acceptors (Lipinski definition) is 3. The average molecular weight is 226 g/mol. The Labute approximate surface area is 95.3 Å². The van der Waals surface area contributed by atoms with Crippen molar-refractivity contribution >= 4 is 17.3 Å². The molecule has 1 aromatic rings. The Balaban J connectivity index is 2.82. The average Bonchev–Trinajstić information content (AvgIpc) is 2.50. The molecule has 0 saturated carbocycles. The first-order valence-corrected chi connectivity index (χ1v) is 6.00. The highest BCUT2D eigenvalue weighted by molar-refractivity contribution is 7.12. The number of thiophene rings is 1. The number of rotatable bonds is 2. The number of esters is 1.